The number of allylic oxidation sites excluding steroid dienone is 1. The molecule has 11 nitrogen and oxygen atoms in total. The molecular weight excluding hydrogens is 431 g/mol. The van der Waals surface area contributed by atoms with Crippen molar-refractivity contribution in [2.75, 3.05) is 18.0 Å². The Bertz CT molecular complexity index is 1320. The monoisotopic (exact) mass is 457 g/mol. The van der Waals surface area contributed by atoms with Crippen molar-refractivity contribution in [1.29, 1.82) is 0 Å². The number of anilines is 1. The molecule has 3 aromatic rings. The van der Waals surface area contributed by atoms with Gasteiger partial charge in [0.15, 0.2) is 22.8 Å². The van der Waals surface area contributed by atoms with Crippen LogP contribution >= 0.6 is 0 Å². The van der Waals surface area contributed by atoms with Crippen LogP contribution in [-0.2, 0) is 14.1 Å². The summed E-state index contributed by atoms with van der Waals surface area (Å²) in [6.07, 6.45) is 10.9. The molecule has 12 heteroatoms. The highest BCUT2D eigenvalue weighted by Crippen LogP contribution is 2.31. The number of aromatic nitrogens is 6. The average Bonchev–Trinajstić information content (AvgIpc) is 3.27. The minimum atomic E-state index is -0.250. The van der Waals surface area contributed by atoms with Crippen LogP contribution in [0.3, 0.4) is 0 Å². The number of nitrogens with zero attached hydrogens (tertiary/aromatic N) is 9. The third-order valence-corrected chi connectivity index (χ3v) is 7.09. The zero-order chi connectivity index (χ0) is 23.4. The highest BCUT2D eigenvalue weighted by atomic mass is 16.2. The lowest BCUT2D eigenvalue weighted by Crippen LogP contribution is -2.64. The standard InChI is InChI=1S/C22H26BN10O/c1-13-25-11-15(30(13)2)18-28-17-19(31(18)3)26-12-27-20(17)32-9-6-14(7-10-32)33-16-5-4-8-24-21(23-16)29-22(33)34/h4-5,8,11-12,14,16,21H,6-7,9-10H2,1-3H3,(H,29,34). The Kier molecular flexibility index (Phi) is 4.89. The number of nitrogens with one attached hydrogen (secondary N) is 1. The summed E-state index contributed by atoms with van der Waals surface area (Å²) >= 11 is 0. The van der Waals surface area contributed by atoms with E-state index in [1.54, 1.807) is 12.5 Å². The first-order valence-electron chi connectivity index (χ1n) is 11.6. The molecule has 3 aliphatic heterocycles. The van der Waals surface area contributed by atoms with E-state index >= 15 is 0 Å². The van der Waals surface area contributed by atoms with Gasteiger partial charge in [0.05, 0.1) is 12.3 Å². The van der Waals surface area contributed by atoms with E-state index in [1.807, 2.05) is 53.4 Å². The third-order valence-electron chi connectivity index (χ3n) is 7.09. The molecule has 1 N–H and O–H groups in total. The van der Waals surface area contributed by atoms with E-state index in [1.165, 1.54) is 0 Å². The molecule has 2 amide bonds. The van der Waals surface area contributed by atoms with E-state index in [2.05, 4.69) is 37.4 Å². The molecule has 0 aromatic carbocycles. The van der Waals surface area contributed by atoms with Gasteiger partial charge in [0.1, 0.15) is 17.8 Å². The number of rotatable bonds is 3. The average molecular weight is 457 g/mol. The van der Waals surface area contributed by atoms with E-state index in [4.69, 9.17) is 4.98 Å². The Balaban J connectivity index is 1.25. The van der Waals surface area contributed by atoms with Gasteiger partial charge in [0, 0.05) is 45.4 Å². The molecule has 6 rings (SSSR count). The van der Waals surface area contributed by atoms with Crippen molar-refractivity contribution < 1.29 is 4.79 Å². The summed E-state index contributed by atoms with van der Waals surface area (Å²) in [6.45, 7) is 3.54. The number of aliphatic imine (C=N–C) groups is 1. The predicted octanol–water partition coefficient (Wildman–Crippen LogP) is 1.02. The number of hydrogen-bond acceptors (Lipinski definition) is 7. The Morgan fingerprint density at radius 3 is 2.71 bits per heavy atom. The Hall–Kier alpha value is -3.70. The second kappa shape index (κ2) is 7.96. The van der Waals surface area contributed by atoms with Crippen molar-refractivity contribution >= 4 is 36.5 Å². The van der Waals surface area contributed by atoms with Crippen molar-refractivity contribution in [1.82, 2.24) is 39.3 Å². The van der Waals surface area contributed by atoms with Crippen LogP contribution in [-0.4, -0.2) is 84.6 Å². The van der Waals surface area contributed by atoms with Crippen LogP contribution < -0.4 is 10.2 Å². The van der Waals surface area contributed by atoms with Crippen LogP contribution in [0, 0.1) is 6.92 Å². The van der Waals surface area contributed by atoms with E-state index in [0.717, 1.165) is 60.3 Å². The van der Waals surface area contributed by atoms with Gasteiger partial charge in [-0.25, -0.2) is 24.7 Å². The van der Waals surface area contributed by atoms with Crippen molar-refractivity contribution in [3.8, 4) is 11.5 Å². The van der Waals surface area contributed by atoms with Gasteiger partial charge in [-0.2, -0.15) is 0 Å². The van der Waals surface area contributed by atoms with Crippen LogP contribution in [0.15, 0.2) is 29.7 Å². The van der Waals surface area contributed by atoms with Crippen molar-refractivity contribution in [3.05, 3.63) is 30.5 Å². The number of imidazole rings is 2. The largest absolute Gasteiger partial charge is 0.355 e. The number of carbonyl (C=O) groups is 1. The van der Waals surface area contributed by atoms with Gasteiger partial charge >= 0.3 is 6.03 Å². The number of urea groups is 1. The lowest BCUT2D eigenvalue weighted by Gasteiger charge is -2.44. The Morgan fingerprint density at radius 2 is 1.94 bits per heavy atom. The van der Waals surface area contributed by atoms with Gasteiger partial charge in [-0.05, 0) is 25.8 Å². The first kappa shape index (κ1) is 20.9. The molecular formula is C22H26BN10O. The summed E-state index contributed by atoms with van der Waals surface area (Å²) < 4.78 is 4.02. The molecule has 0 spiro atoms. The number of aryl methyl sites for hydroxylation is 2. The van der Waals surface area contributed by atoms with Gasteiger partial charge < -0.3 is 24.3 Å². The number of fused-ring (bicyclic) bond motifs is 3. The van der Waals surface area contributed by atoms with Gasteiger partial charge in [-0.3, -0.25) is 4.99 Å². The maximum Gasteiger partial charge on any atom is 0.318 e. The molecule has 3 aliphatic rings. The topological polar surface area (TPSA) is 109 Å². The molecule has 34 heavy (non-hydrogen) atoms. The minimum Gasteiger partial charge on any atom is -0.355 e. The van der Waals surface area contributed by atoms with Gasteiger partial charge in [0.25, 0.3) is 0 Å². The van der Waals surface area contributed by atoms with Crippen LogP contribution in [0.25, 0.3) is 22.7 Å². The van der Waals surface area contributed by atoms with Crippen LogP contribution in [0.1, 0.15) is 18.7 Å². The summed E-state index contributed by atoms with van der Waals surface area (Å²) in [5.41, 5.74) is 2.52. The van der Waals surface area contributed by atoms with Crippen molar-refractivity contribution in [3.63, 3.8) is 0 Å². The maximum atomic E-state index is 12.8. The zero-order valence-electron chi connectivity index (χ0n) is 19.5. The molecule has 2 unspecified atom stereocenters. The number of amides is 2. The SMILES string of the molecule is Cc1ncc(-c2nc3c(N4CCC(N5C(=O)NC6[B]C5C=CC=N6)CC4)ncnc3n2C)n1C. The molecule has 2 atom stereocenters. The minimum absolute atomic E-state index is 0.0377. The van der Waals surface area contributed by atoms with Crippen molar-refractivity contribution in [2.24, 2.45) is 19.1 Å². The summed E-state index contributed by atoms with van der Waals surface area (Å²) in [5, 5.41) is 2.97. The molecule has 2 bridgehead atoms. The fourth-order valence-electron chi connectivity index (χ4n) is 5.14. The predicted molar refractivity (Wildman–Crippen MR) is 130 cm³/mol. The molecule has 1 radical (unpaired) electrons. The van der Waals surface area contributed by atoms with Crippen LogP contribution in [0.5, 0.6) is 0 Å². The van der Waals surface area contributed by atoms with Crippen LogP contribution in [0.4, 0.5) is 10.6 Å². The second-order valence-electron chi connectivity index (χ2n) is 9.00. The molecule has 0 saturated carbocycles. The molecule has 0 aliphatic carbocycles. The summed E-state index contributed by atoms with van der Waals surface area (Å²) in [5.74, 6) is 2.54. The summed E-state index contributed by atoms with van der Waals surface area (Å²) in [4.78, 5) is 39.8. The number of hydrogen-bond donors (Lipinski definition) is 1. The molecule has 2 saturated heterocycles. The van der Waals surface area contributed by atoms with Crippen molar-refractivity contribution in [2.45, 2.75) is 37.8 Å². The van der Waals surface area contributed by atoms with E-state index < -0.39 is 0 Å². The van der Waals surface area contributed by atoms with Gasteiger partial charge in [-0.1, -0.05) is 6.08 Å². The third kappa shape index (κ3) is 3.27. The lowest BCUT2D eigenvalue weighted by molar-refractivity contribution is 0.155. The first-order chi connectivity index (χ1) is 16.5. The molecule has 3 aromatic heterocycles. The number of piperidine rings is 1. The molecule has 173 valence electrons. The molecule has 2 fully saturated rings. The Morgan fingerprint density at radius 1 is 1.12 bits per heavy atom. The van der Waals surface area contributed by atoms with Gasteiger partial charge in [0.2, 0.25) is 7.28 Å². The van der Waals surface area contributed by atoms with Gasteiger partial charge in [-0.15, -0.1) is 0 Å². The fourth-order valence-corrected chi connectivity index (χ4v) is 5.14. The fraction of sp³-hybridized carbons (Fsp3) is 0.455. The molecule has 6 heterocycles. The summed E-state index contributed by atoms with van der Waals surface area (Å²) in [6, 6.07) is -0.153. The normalized spacial score (nSPS) is 22.7. The Labute approximate surface area is 197 Å². The summed E-state index contributed by atoms with van der Waals surface area (Å²) in [7, 11) is 6.04. The lowest BCUT2D eigenvalue weighted by atomic mass is 9.63. The quantitative estimate of drug-likeness (QED) is 0.589. The smallest absolute Gasteiger partial charge is 0.318 e. The second-order valence-corrected chi connectivity index (χ2v) is 9.00. The highest BCUT2D eigenvalue weighted by Gasteiger charge is 2.39. The van der Waals surface area contributed by atoms with E-state index in [0.29, 0.717) is 0 Å². The highest BCUT2D eigenvalue weighted by molar-refractivity contribution is 6.43. The van der Waals surface area contributed by atoms with Crippen LogP contribution in [0.2, 0.25) is 0 Å². The zero-order valence-corrected chi connectivity index (χ0v) is 19.5. The number of carbonyl (C=O) groups excluding carboxylic acids is 1. The maximum absolute atomic E-state index is 12.8. The van der Waals surface area contributed by atoms with E-state index in [-0.39, 0.29) is 24.1 Å². The first-order valence-corrected chi connectivity index (χ1v) is 11.6. The van der Waals surface area contributed by atoms with E-state index in [9.17, 15) is 4.79 Å².